The zero-order valence-electron chi connectivity index (χ0n) is 10.5. The van der Waals surface area contributed by atoms with Crippen LogP contribution in [0.2, 0.25) is 0 Å². The Hall–Kier alpha value is -0.650. The number of ether oxygens (including phenoxy) is 2. The van der Waals surface area contributed by atoms with Crippen LogP contribution in [-0.4, -0.2) is 43.0 Å². The highest BCUT2D eigenvalue weighted by Crippen LogP contribution is 2.16. The zero-order valence-corrected chi connectivity index (χ0v) is 10.5. The molecule has 0 saturated carbocycles. The average Bonchev–Trinajstić information content (AvgIpc) is 2.81. The van der Waals surface area contributed by atoms with Crippen molar-refractivity contribution >= 4 is 5.97 Å². The van der Waals surface area contributed by atoms with Crippen LogP contribution in [0, 0.1) is 5.92 Å². The van der Waals surface area contributed by atoms with E-state index in [-0.39, 0.29) is 0 Å². The Balaban J connectivity index is 2.08. The molecule has 1 fully saturated rings. The fourth-order valence-electron chi connectivity index (χ4n) is 1.89. The van der Waals surface area contributed by atoms with Gasteiger partial charge in [0.2, 0.25) is 0 Å². The normalized spacial score (nSPS) is 23.5. The van der Waals surface area contributed by atoms with E-state index < -0.39 is 11.5 Å². The molecule has 0 radical (unpaired) electrons. The minimum absolute atomic E-state index is 0.443. The average molecular weight is 245 g/mol. The number of hydrogen-bond donors (Lipinski definition) is 2. The first kappa shape index (κ1) is 14.4. The van der Waals surface area contributed by atoms with Gasteiger partial charge < -0.3 is 20.3 Å². The predicted octanol–water partition coefficient (Wildman–Crippen LogP) is 1.01. The van der Waals surface area contributed by atoms with Crippen LogP contribution in [0.1, 0.15) is 32.6 Å². The van der Waals surface area contributed by atoms with Gasteiger partial charge in [-0.2, -0.15) is 0 Å². The summed E-state index contributed by atoms with van der Waals surface area (Å²) in [6, 6.07) is 0. The highest BCUT2D eigenvalue weighted by atomic mass is 16.5. The van der Waals surface area contributed by atoms with Gasteiger partial charge in [-0.05, 0) is 25.7 Å². The first-order chi connectivity index (χ1) is 8.08. The van der Waals surface area contributed by atoms with Crippen molar-refractivity contribution in [3.05, 3.63) is 0 Å². The van der Waals surface area contributed by atoms with Crippen molar-refractivity contribution in [2.24, 2.45) is 11.7 Å². The third kappa shape index (κ3) is 4.61. The zero-order chi connectivity index (χ0) is 12.7. The van der Waals surface area contributed by atoms with Gasteiger partial charge in [0.05, 0.1) is 13.2 Å². The molecule has 1 aliphatic rings. The van der Waals surface area contributed by atoms with Gasteiger partial charge in [-0.15, -0.1) is 0 Å². The number of nitrogens with two attached hydrogens (primary N) is 1. The SMILES string of the molecule is CCC(N)(CCCOCC1CCOC1)C(=O)O. The standard InChI is InChI=1S/C12H23NO4/c1-2-12(13,11(14)15)5-3-6-16-8-10-4-7-17-9-10/h10H,2-9,13H2,1H3,(H,14,15). The molecule has 0 aromatic rings. The van der Waals surface area contributed by atoms with E-state index in [2.05, 4.69) is 0 Å². The lowest BCUT2D eigenvalue weighted by Crippen LogP contribution is -2.47. The molecule has 2 unspecified atom stereocenters. The second-order valence-electron chi connectivity index (χ2n) is 4.72. The first-order valence-corrected chi connectivity index (χ1v) is 6.26. The number of carboxylic acids is 1. The van der Waals surface area contributed by atoms with Crippen LogP contribution < -0.4 is 5.73 Å². The summed E-state index contributed by atoms with van der Waals surface area (Å²) in [7, 11) is 0. The van der Waals surface area contributed by atoms with Gasteiger partial charge in [-0.1, -0.05) is 6.92 Å². The molecule has 5 nitrogen and oxygen atoms in total. The van der Waals surface area contributed by atoms with Crippen molar-refractivity contribution in [2.45, 2.75) is 38.1 Å². The third-order valence-corrected chi connectivity index (χ3v) is 3.35. The summed E-state index contributed by atoms with van der Waals surface area (Å²) in [5.41, 5.74) is 4.67. The Morgan fingerprint density at radius 2 is 2.41 bits per heavy atom. The molecule has 5 heteroatoms. The quantitative estimate of drug-likeness (QED) is 0.624. The number of aliphatic carboxylic acids is 1. The third-order valence-electron chi connectivity index (χ3n) is 3.35. The van der Waals surface area contributed by atoms with Gasteiger partial charge in [0.1, 0.15) is 5.54 Å². The highest BCUT2D eigenvalue weighted by Gasteiger charge is 2.30. The maximum absolute atomic E-state index is 10.9. The molecule has 1 rings (SSSR count). The number of hydrogen-bond acceptors (Lipinski definition) is 4. The summed E-state index contributed by atoms with van der Waals surface area (Å²) in [5, 5.41) is 8.98. The lowest BCUT2D eigenvalue weighted by Gasteiger charge is -2.22. The van der Waals surface area contributed by atoms with Crippen LogP contribution in [0.3, 0.4) is 0 Å². The minimum Gasteiger partial charge on any atom is -0.480 e. The molecule has 0 bridgehead atoms. The van der Waals surface area contributed by atoms with E-state index in [4.69, 9.17) is 20.3 Å². The van der Waals surface area contributed by atoms with Crippen LogP contribution in [0.25, 0.3) is 0 Å². The van der Waals surface area contributed by atoms with E-state index in [1.54, 1.807) is 6.92 Å². The lowest BCUT2D eigenvalue weighted by molar-refractivity contribution is -0.143. The summed E-state index contributed by atoms with van der Waals surface area (Å²) < 4.78 is 10.7. The molecule has 0 aromatic heterocycles. The largest absolute Gasteiger partial charge is 0.480 e. The molecule has 1 aliphatic heterocycles. The number of carboxylic acid groups (broad SMARTS) is 1. The molecular formula is C12H23NO4. The maximum Gasteiger partial charge on any atom is 0.323 e. The minimum atomic E-state index is -1.10. The smallest absolute Gasteiger partial charge is 0.323 e. The van der Waals surface area contributed by atoms with Crippen LogP contribution in [-0.2, 0) is 14.3 Å². The first-order valence-electron chi connectivity index (χ1n) is 6.26. The summed E-state index contributed by atoms with van der Waals surface area (Å²) in [5.74, 6) is -0.424. The summed E-state index contributed by atoms with van der Waals surface area (Å²) in [6.45, 7) is 4.68. The van der Waals surface area contributed by atoms with E-state index >= 15 is 0 Å². The topological polar surface area (TPSA) is 81.8 Å². The van der Waals surface area contributed by atoms with Crippen molar-refractivity contribution in [3.63, 3.8) is 0 Å². The fraction of sp³-hybridized carbons (Fsp3) is 0.917. The molecule has 0 amide bonds. The summed E-state index contributed by atoms with van der Waals surface area (Å²) in [6.07, 6.45) is 2.65. The maximum atomic E-state index is 10.9. The Labute approximate surface area is 102 Å². The van der Waals surface area contributed by atoms with Gasteiger partial charge in [-0.25, -0.2) is 0 Å². The van der Waals surface area contributed by atoms with Crippen molar-refractivity contribution in [3.8, 4) is 0 Å². The molecule has 0 aromatic carbocycles. The van der Waals surface area contributed by atoms with Gasteiger partial charge >= 0.3 is 5.97 Å². The predicted molar refractivity (Wildman–Crippen MR) is 63.8 cm³/mol. The van der Waals surface area contributed by atoms with E-state index in [0.717, 1.165) is 19.6 Å². The van der Waals surface area contributed by atoms with Gasteiger partial charge in [0.15, 0.2) is 0 Å². The van der Waals surface area contributed by atoms with E-state index in [0.29, 0.717) is 38.4 Å². The molecular weight excluding hydrogens is 222 g/mol. The lowest BCUT2D eigenvalue weighted by atomic mass is 9.92. The molecule has 17 heavy (non-hydrogen) atoms. The Kier molecular flexibility index (Phi) is 5.88. The highest BCUT2D eigenvalue weighted by molar-refractivity contribution is 5.78. The summed E-state index contributed by atoms with van der Waals surface area (Å²) >= 11 is 0. The van der Waals surface area contributed by atoms with E-state index in [1.165, 1.54) is 0 Å². The van der Waals surface area contributed by atoms with Crippen LogP contribution >= 0.6 is 0 Å². The van der Waals surface area contributed by atoms with Gasteiger partial charge in [-0.3, -0.25) is 4.79 Å². The van der Waals surface area contributed by atoms with E-state index in [1.807, 2.05) is 0 Å². The van der Waals surface area contributed by atoms with Crippen molar-refractivity contribution < 1.29 is 19.4 Å². The van der Waals surface area contributed by atoms with Crippen LogP contribution in [0.15, 0.2) is 0 Å². The van der Waals surface area contributed by atoms with Crippen LogP contribution in [0.5, 0.6) is 0 Å². The second-order valence-corrected chi connectivity index (χ2v) is 4.72. The van der Waals surface area contributed by atoms with E-state index in [9.17, 15) is 4.79 Å². The second kappa shape index (κ2) is 6.93. The molecule has 0 aliphatic carbocycles. The van der Waals surface area contributed by atoms with Gasteiger partial charge in [0, 0.05) is 19.1 Å². The monoisotopic (exact) mass is 245 g/mol. The molecule has 0 spiro atoms. The Morgan fingerprint density at radius 3 is 2.94 bits per heavy atom. The van der Waals surface area contributed by atoms with Gasteiger partial charge in [0.25, 0.3) is 0 Å². The fourth-order valence-corrected chi connectivity index (χ4v) is 1.89. The van der Waals surface area contributed by atoms with Crippen molar-refractivity contribution in [2.75, 3.05) is 26.4 Å². The molecule has 100 valence electrons. The Bertz CT molecular complexity index is 241. The van der Waals surface area contributed by atoms with Crippen LogP contribution in [0.4, 0.5) is 0 Å². The Morgan fingerprint density at radius 1 is 1.65 bits per heavy atom. The molecule has 2 atom stereocenters. The molecule has 1 saturated heterocycles. The number of rotatable bonds is 8. The molecule has 1 heterocycles. The summed E-state index contributed by atoms with van der Waals surface area (Å²) in [4.78, 5) is 10.9. The number of carbonyl (C=O) groups is 1. The van der Waals surface area contributed by atoms with Crippen molar-refractivity contribution in [1.82, 2.24) is 0 Å². The van der Waals surface area contributed by atoms with Crippen molar-refractivity contribution in [1.29, 1.82) is 0 Å². The molecule has 3 N–H and O–H groups in total.